The first kappa shape index (κ1) is 14.1. The number of hydrogen-bond donors (Lipinski definition) is 2. The topological polar surface area (TPSA) is 55.1 Å². The molecule has 0 aromatic heterocycles. The molecule has 0 bridgehead atoms. The SMILES string of the molecule is Cc1cc(Br)c(F)cc1NC(=O)CC(C)CN. The summed E-state index contributed by atoms with van der Waals surface area (Å²) >= 11 is 3.09. The zero-order valence-corrected chi connectivity index (χ0v) is 11.5. The van der Waals surface area contributed by atoms with Crippen LogP contribution in [0.15, 0.2) is 16.6 Å². The van der Waals surface area contributed by atoms with E-state index in [2.05, 4.69) is 21.2 Å². The van der Waals surface area contributed by atoms with Gasteiger partial charge in [-0.15, -0.1) is 0 Å². The van der Waals surface area contributed by atoms with Crippen LogP contribution in [0.2, 0.25) is 0 Å². The van der Waals surface area contributed by atoms with Crippen molar-refractivity contribution >= 4 is 27.5 Å². The van der Waals surface area contributed by atoms with Crippen molar-refractivity contribution in [1.82, 2.24) is 0 Å². The Labute approximate surface area is 109 Å². The Bertz CT molecular complexity index is 423. The zero-order valence-electron chi connectivity index (χ0n) is 9.89. The summed E-state index contributed by atoms with van der Waals surface area (Å²) in [6.45, 7) is 4.17. The third-order valence-electron chi connectivity index (χ3n) is 2.48. The highest BCUT2D eigenvalue weighted by atomic mass is 79.9. The van der Waals surface area contributed by atoms with Crippen molar-refractivity contribution in [3.05, 3.63) is 28.0 Å². The van der Waals surface area contributed by atoms with Gasteiger partial charge in [-0.05, 0) is 53.0 Å². The Morgan fingerprint density at radius 3 is 2.82 bits per heavy atom. The van der Waals surface area contributed by atoms with Crippen LogP contribution >= 0.6 is 15.9 Å². The lowest BCUT2D eigenvalue weighted by Crippen LogP contribution is -2.20. The van der Waals surface area contributed by atoms with Crippen molar-refractivity contribution in [2.75, 3.05) is 11.9 Å². The summed E-state index contributed by atoms with van der Waals surface area (Å²) in [6, 6.07) is 2.95. The van der Waals surface area contributed by atoms with Crippen LogP contribution in [-0.4, -0.2) is 12.5 Å². The number of benzene rings is 1. The van der Waals surface area contributed by atoms with E-state index in [1.807, 2.05) is 13.8 Å². The van der Waals surface area contributed by atoms with Crippen LogP contribution in [0.4, 0.5) is 10.1 Å². The average Bonchev–Trinajstić information content (AvgIpc) is 2.25. The van der Waals surface area contributed by atoms with Gasteiger partial charge in [0, 0.05) is 12.1 Å². The maximum atomic E-state index is 13.3. The van der Waals surface area contributed by atoms with E-state index in [-0.39, 0.29) is 11.8 Å². The van der Waals surface area contributed by atoms with E-state index in [4.69, 9.17) is 5.73 Å². The first-order valence-corrected chi connectivity index (χ1v) is 6.19. The van der Waals surface area contributed by atoms with Crippen LogP contribution in [0.1, 0.15) is 18.9 Å². The lowest BCUT2D eigenvalue weighted by atomic mass is 10.1. The monoisotopic (exact) mass is 302 g/mol. The van der Waals surface area contributed by atoms with E-state index in [1.165, 1.54) is 6.07 Å². The Morgan fingerprint density at radius 2 is 2.24 bits per heavy atom. The lowest BCUT2D eigenvalue weighted by molar-refractivity contribution is -0.116. The van der Waals surface area contributed by atoms with E-state index in [0.717, 1.165) is 5.56 Å². The number of nitrogens with two attached hydrogens (primary N) is 1. The fraction of sp³-hybridized carbons (Fsp3) is 0.417. The summed E-state index contributed by atoms with van der Waals surface area (Å²) in [4.78, 5) is 11.6. The van der Waals surface area contributed by atoms with Gasteiger partial charge in [0.25, 0.3) is 0 Å². The summed E-state index contributed by atoms with van der Waals surface area (Å²) in [5, 5.41) is 2.69. The van der Waals surface area contributed by atoms with Crippen molar-refractivity contribution in [3.8, 4) is 0 Å². The lowest BCUT2D eigenvalue weighted by Gasteiger charge is -2.11. The second kappa shape index (κ2) is 6.12. The van der Waals surface area contributed by atoms with Crippen LogP contribution in [0.5, 0.6) is 0 Å². The molecule has 94 valence electrons. The molecule has 1 rings (SSSR count). The Hall–Kier alpha value is -0.940. The normalized spacial score (nSPS) is 12.3. The van der Waals surface area contributed by atoms with Gasteiger partial charge in [-0.25, -0.2) is 4.39 Å². The van der Waals surface area contributed by atoms with Gasteiger partial charge in [-0.2, -0.15) is 0 Å². The smallest absolute Gasteiger partial charge is 0.224 e. The predicted octanol–water partition coefficient (Wildman–Crippen LogP) is 2.82. The Kier molecular flexibility index (Phi) is 5.08. The molecule has 5 heteroatoms. The van der Waals surface area contributed by atoms with Gasteiger partial charge in [-0.3, -0.25) is 4.79 Å². The quantitative estimate of drug-likeness (QED) is 0.898. The molecule has 0 aliphatic heterocycles. The summed E-state index contributed by atoms with van der Waals surface area (Å²) in [5.41, 5.74) is 6.75. The fourth-order valence-electron chi connectivity index (χ4n) is 1.38. The minimum atomic E-state index is -0.391. The van der Waals surface area contributed by atoms with E-state index in [9.17, 15) is 9.18 Å². The molecule has 0 fully saturated rings. The Balaban J connectivity index is 2.75. The molecule has 0 radical (unpaired) electrons. The molecule has 3 nitrogen and oxygen atoms in total. The molecule has 3 N–H and O–H groups in total. The minimum absolute atomic E-state index is 0.121. The molecule has 17 heavy (non-hydrogen) atoms. The van der Waals surface area contributed by atoms with E-state index in [0.29, 0.717) is 23.1 Å². The molecule has 0 aliphatic rings. The molecule has 0 spiro atoms. The van der Waals surface area contributed by atoms with Crippen LogP contribution in [-0.2, 0) is 4.79 Å². The van der Waals surface area contributed by atoms with Gasteiger partial charge in [-0.1, -0.05) is 6.92 Å². The van der Waals surface area contributed by atoms with Crippen LogP contribution < -0.4 is 11.1 Å². The van der Waals surface area contributed by atoms with Crippen LogP contribution in [0.3, 0.4) is 0 Å². The van der Waals surface area contributed by atoms with Crippen molar-refractivity contribution in [1.29, 1.82) is 0 Å². The number of halogens is 2. The highest BCUT2D eigenvalue weighted by molar-refractivity contribution is 9.10. The van der Waals surface area contributed by atoms with Gasteiger partial charge in [0.1, 0.15) is 5.82 Å². The predicted molar refractivity (Wildman–Crippen MR) is 70.3 cm³/mol. The summed E-state index contributed by atoms with van der Waals surface area (Å²) < 4.78 is 13.7. The number of rotatable bonds is 4. The van der Waals surface area contributed by atoms with Crippen LogP contribution in [0, 0.1) is 18.7 Å². The highest BCUT2D eigenvalue weighted by Gasteiger charge is 2.11. The molecular formula is C12H16BrFN2O. The Morgan fingerprint density at radius 1 is 1.59 bits per heavy atom. The average molecular weight is 303 g/mol. The first-order valence-electron chi connectivity index (χ1n) is 5.39. The second-order valence-corrected chi connectivity index (χ2v) is 5.03. The summed E-state index contributed by atoms with van der Waals surface area (Å²) in [6.07, 6.45) is 0.341. The molecule has 1 unspecified atom stereocenters. The third-order valence-corrected chi connectivity index (χ3v) is 3.09. The molecule has 1 aromatic carbocycles. The van der Waals surface area contributed by atoms with Gasteiger partial charge in [0.05, 0.1) is 4.47 Å². The van der Waals surface area contributed by atoms with Crippen molar-refractivity contribution in [2.45, 2.75) is 20.3 Å². The molecule has 1 aromatic rings. The number of carbonyl (C=O) groups is 1. The van der Waals surface area contributed by atoms with Gasteiger partial charge in [0.15, 0.2) is 0 Å². The van der Waals surface area contributed by atoms with Crippen molar-refractivity contribution in [2.24, 2.45) is 11.7 Å². The molecule has 0 saturated carbocycles. The number of aryl methyl sites for hydroxylation is 1. The molecule has 0 heterocycles. The number of carbonyl (C=O) groups excluding carboxylic acids is 1. The van der Waals surface area contributed by atoms with Crippen molar-refractivity contribution < 1.29 is 9.18 Å². The fourth-order valence-corrected chi connectivity index (χ4v) is 1.84. The molecule has 1 atom stereocenters. The number of hydrogen-bond acceptors (Lipinski definition) is 2. The summed E-state index contributed by atoms with van der Waals surface area (Å²) in [5.74, 6) is -0.416. The largest absolute Gasteiger partial charge is 0.330 e. The number of amides is 1. The maximum Gasteiger partial charge on any atom is 0.224 e. The van der Waals surface area contributed by atoms with Gasteiger partial charge >= 0.3 is 0 Å². The molecule has 0 aliphatic carbocycles. The molecule has 0 saturated heterocycles. The van der Waals surface area contributed by atoms with Gasteiger partial charge in [0.2, 0.25) is 5.91 Å². The van der Waals surface area contributed by atoms with Crippen molar-refractivity contribution in [3.63, 3.8) is 0 Å². The van der Waals surface area contributed by atoms with E-state index < -0.39 is 5.82 Å². The zero-order chi connectivity index (χ0) is 13.0. The molecule has 1 amide bonds. The standard InChI is InChI=1S/C12H16BrFN2O/c1-7(6-15)3-12(17)16-11-5-10(14)9(13)4-8(11)2/h4-5,7H,3,6,15H2,1-2H3,(H,16,17). The van der Waals surface area contributed by atoms with E-state index >= 15 is 0 Å². The second-order valence-electron chi connectivity index (χ2n) is 4.17. The molecular weight excluding hydrogens is 287 g/mol. The third kappa shape index (κ3) is 4.09. The van der Waals surface area contributed by atoms with E-state index in [1.54, 1.807) is 6.07 Å². The number of anilines is 1. The summed E-state index contributed by atoms with van der Waals surface area (Å²) in [7, 11) is 0. The minimum Gasteiger partial charge on any atom is -0.330 e. The highest BCUT2D eigenvalue weighted by Crippen LogP contribution is 2.24. The van der Waals surface area contributed by atoms with Gasteiger partial charge < -0.3 is 11.1 Å². The number of nitrogens with one attached hydrogen (secondary N) is 1. The first-order chi connectivity index (χ1) is 7.93. The van der Waals surface area contributed by atoms with Crippen LogP contribution in [0.25, 0.3) is 0 Å². The maximum absolute atomic E-state index is 13.3.